The standard InChI is InChI=1S/C10H17N3O4S2/c1-2-8(7-11)13-19(16,17)10-5-3-4-9(6-10)18(12,14)15/h3-6,8,13H,2,7,11H2,1H3,(H2,12,14,15). The molecule has 0 spiro atoms. The predicted molar refractivity (Wildman–Crippen MR) is 71.3 cm³/mol. The number of hydrogen-bond acceptors (Lipinski definition) is 5. The minimum Gasteiger partial charge on any atom is -0.329 e. The largest absolute Gasteiger partial charge is 0.329 e. The van der Waals surface area contributed by atoms with Crippen molar-refractivity contribution in [3.63, 3.8) is 0 Å². The Kier molecular flexibility index (Phi) is 5.04. The lowest BCUT2D eigenvalue weighted by atomic mass is 10.2. The number of nitrogens with one attached hydrogen (secondary N) is 1. The van der Waals surface area contributed by atoms with E-state index in [1.165, 1.54) is 18.2 Å². The summed E-state index contributed by atoms with van der Waals surface area (Å²) in [5, 5.41) is 4.96. The Labute approximate surface area is 113 Å². The van der Waals surface area contributed by atoms with Crippen LogP contribution in [0.5, 0.6) is 0 Å². The normalized spacial score (nSPS) is 14.3. The van der Waals surface area contributed by atoms with E-state index in [2.05, 4.69) is 4.72 Å². The van der Waals surface area contributed by atoms with Crippen LogP contribution in [0.25, 0.3) is 0 Å². The van der Waals surface area contributed by atoms with Gasteiger partial charge in [0.05, 0.1) is 9.79 Å². The van der Waals surface area contributed by atoms with E-state index in [1.807, 2.05) is 0 Å². The van der Waals surface area contributed by atoms with Gasteiger partial charge in [0.1, 0.15) is 0 Å². The van der Waals surface area contributed by atoms with Crippen molar-refractivity contribution in [3.05, 3.63) is 24.3 Å². The first kappa shape index (κ1) is 16.1. The van der Waals surface area contributed by atoms with Crippen molar-refractivity contribution in [1.29, 1.82) is 0 Å². The molecule has 1 unspecified atom stereocenters. The van der Waals surface area contributed by atoms with Crippen LogP contribution in [0.15, 0.2) is 34.1 Å². The molecule has 0 saturated heterocycles. The quantitative estimate of drug-likeness (QED) is 0.642. The van der Waals surface area contributed by atoms with Crippen LogP contribution < -0.4 is 15.6 Å². The van der Waals surface area contributed by atoms with Gasteiger partial charge in [0.15, 0.2) is 0 Å². The van der Waals surface area contributed by atoms with Gasteiger partial charge in [-0.1, -0.05) is 13.0 Å². The summed E-state index contributed by atoms with van der Waals surface area (Å²) in [6.07, 6.45) is 0.532. The summed E-state index contributed by atoms with van der Waals surface area (Å²) in [6.45, 7) is 1.95. The van der Waals surface area contributed by atoms with E-state index in [0.29, 0.717) is 6.42 Å². The predicted octanol–water partition coefficient (Wildman–Crippen LogP) is -0.650. The van der Waals surface area contributed by atoms with Gasteiger partial charge in [0, 0.05) is 12.6 Å². The zero-order chi connectivity index (χ0) is 14.7. The smallest absolute Gasteiger partial charge is 0.240 e. The summed E-state index contributed by atoms with van der Waals surface area (Å²) in [5.74, 6) is 0. The van der Waals surface area contributed by atoms with Crippen LogP contribution in [-0.2, 0) is 20.0 Å². The second-order valence-corrected chi connectivity index (χ2v) is 7.26. The molecule has 0 amide bonds. The lowest BCUT2D eigenvalue weighted by molar-refractivity contribution is 0.542. The third-order valence-corrected chi connectivity index (χ3v) is 4.97. The minimum absolute atomic E-state index is 0.157. The monoisotopic (exact) mass is 307 g/mol. The molecule has 19 heavy (non-hydrogen) atoms. The van der Waals surface area contributed by atoms with Crippen molar-refractivity contribution >= 4 is 20.0 Å². The van der Waals surface area contributed by atoms with E-state index in [4.69, 9.17) is 10.9 Å². The summed E-state index contributed by atoms with van der Waals surface area (Å²) in [7, 11) is -7.76. The fourth-order valence-electron chi connectivity index (χ4n) is 1.40. The average Bonchev–Trinajstić information content (AvgIpc) is 2.35. The van der Waals surface area contributed by atoms with E-state index in [1.54, 1.807) is 6.92 Å². The molecule has 1 rings (SSSR count). The molecule has 1 aromatic rings. The van der Waals surface area contributed by atoms with Crippen LogP contribution in [0.2, 0.25) is 0 Å². The van der Waals surface area contributed by atoms with E-state index in [-0.39, 0.29) is 16.3 Å². The Hall–Kier alpha value is -1.00. The molecule has 1 aromatic carbocycles. The Morgan fingerprint density at radius 1 is 1.21 bits per heavy atom. The summed E-state index contributed by atoms with van der Waals surface area (Å²) < 4.78 is 48.9. The van der Waals surface area contributed by atoms with Crippen LogP contribution in [0.3, 0.4) is 0 Å². The van der Waals surface area contributed by atoms with E-state index in [0.717, 1.165) is 6.07 Å². The number of benzene rings is 1. The van der Waals surface area contributed by atoms with Crippen molar-refractivity contribution < 1.29 is 16.8 Å². The van der Waals surface area contributed by atoms with E-state index >= 15 is 0 Å². The second-order valence-electron chi connectivity index (χ2n) is 3.98. The van der Waals surface area contributed by atoms with Crippen molar-refractivity contribution in [1.82, 2.24) is 4.72 Å². The van der Waals surface area contributed by atoms with Crippen molar-refractivity contribution in [2.24, 2.45) is 10.9 Å². The number of primary sulfonamides is 1. The van der Waals surface area contributed by atoms with Crippen LogP contribution in [0.1, 0.15) is 13.3 Å². The Morgan fingerprint density at radius 2 is 1.79 bits per heavy atom. The Balaban J connectivity index is 3.16. The molecule has 0 aliphatic heterocycles. The first-order valence-electron chi connectivity index (χ1n) is 5.56. The third kappa shape index (κ3) is 4.25. The molecule has 0 aliphatic carbocycles. The van der Waals surface area contributed by atoms with E-state index in [9.17, 15) is 16.8 Å². The highest BCUT2D eigenvalue weighted by atomic mass is 32.2. The summed E-state index contributed by atoms with van der Waals surface area (Å²) in [5.41, 5.74) is 5.42. The number of nitrogens with two attached hydrogens (primary N) is 2. The fraction of sp³-hybridized carbons (Fsp3) is 0.400. The summed E-state index contributed by atoms with van der Waals surface area (Å²) in [6, 6.07) is 4.45. The highest BCUT2D eigenvalue weighted by molar-refractivity contribution is 7.90. The molecule has 0 fully saturated rings. The molecule has 0 aromatic heterocycles. The molecule has 0 radical (unpaired) electrons. The first-order chi connectivity index (χ1) is 8.70. The van der Waals surface area contributed by atoms with Gasteiger partial charge in [0.25, 0.3) is 0 Å². The maximum absolute atomic E-state index is 12.0. The Bertz CT molecular complexity index is 636. The van der Waals surface area contributed by atoms with Gasteiger partial charge in [-0.3, -0.25) is 0 Å². The SMILES string of the molecule is CCC(CN)NS(=O)(=O)c1cccc(S(N)(=O)=O)c1. The maximum atomic E-state index is 12.0. The molecule has 1 atom stereocenters. The fourth-order valence-corrected chi connectivity index (χ4v) is 3.42. The molecule has 0 heterocycles. The first-order valence-corrected chi connectivity index (χ1v) is 8.59. The Morgan fingerprint density at radius 3 is 2.26 bits per heavy atom. The molecule has 0 bridgehead atoms. The van der Waals surface area contributed by atoms with Gasteiger partial charge >= 0.3 is 0 Å². The molecular formula is C10H17N3O4S2. The number of hydrogen-bond donors (Lipinski definition) is 3. The molecule has 0 aliphatic rings. The van der Waals surface area contributed by atoms with Gasteiger partial charge in [-0.25, -0.2) is 26.7 Å². The summed E-state index contributed by atoms with van der Waals surface area (Å²) >= 11 is 0. The lowest BCUT2D eigenvalue weighted by Crippen LogP contribution is -2.39. The molecule has 9 heteroatoms. The van der Waals surface area contributed by atoms with Gasteiger partial charge in [-0.2, -0.15) is 0 Å². The average molecular weight is 307 g/mol. The van der Waals surface area contributed by atoms with Gasteiger partial charge < -0.3 is 5.73 Å². The van der Waals surface area contributed by atoms with Crippen LogP contribution in [0.4, 0.5) is 0 Å². The molecular weight excluding hydrogens is 290 g/mol. The molecule has 7 nitrogen and oxygen atoms in total. The molecule has 108 valence electrons. The highest BCUT2D eigenvalue weighted by Crippen LogP contribution is 2.15. The topological polar surface area (TPSA) is 132 Å². The van der Waals surface area contributed by atoms with Crippen LogP contribution in [-0.4, -0.2) is 29.4 Å². The van der Waals surface area contributed by atoms with Gasteiger partial charge in [-0.15, -0.1) is 0 Å². The highest BCUT2D eigenvalue weighted by Gasteiger charge is 2.20. The van der Waals surface area contributed by atoms with Crippen LogP contribution in [0, 0.1) is 0 Å². The van der Waals surface area contributed by atoms with Crippen molar-refractivity contribution in [2.45, 2.75) is 29.2 Å². The molecule has 0 saturated carbocycles. The van der Waals surface area contributed by atoms with Gasteiger partial charge in [0.2, 0.25) is 20.0 Å². The number of rotatable bonds is 6. The third-order valence-electron chi connectivity index (χ3n) is 2.54. The second kappa shape index (κ2) is 5.97. The van der Waals surface area contributed by atoms with Crippen LogP contribution >= 0.6 is 0 Å². The zero-order valence-corrected chi connectivity index (χ0v) is 12.0. The lowest BCUT2D eigenvalue weighted by Gasteiger charge is -2.15. The van der Waals surface area contributed by atoms with Crippen molar-refractivity contribution in [2.75, 3.05) is 6.54 Å². The summed E-state index contributed by atoms with van der Waals surface area (Å²) in [4.78, 5) is -0.415. The number of sulfonamides is 2. The van der Waals surface area contributed by atoms with E-state index < -0.39 is 26.1 Å². The molecule has 5 N–H and O–H groups in total. The minimum atomic E-state index is -3.94. The maximum Gasteiger partial charge on any atom is 0.240 e. The van der Waals surface area contributed by atoms with Crippen molar-refractivity contribution in [3.8, 4) is 0 Å². The zero-order valence-electron chi connectivity index (χ0n) is 10.4. The van der Waals surface area contributed by atoms with Gasteiger partial charge in [-0.05, 0) is 24.6 Å².